The number of nitrogens with zero attached hydrogens (tertiary/aromatic N) is 2. The van der Waals surface area contributed by atoms with Crippen LogP contribution >= 0.6 is 0 Å². The Kier molecular flexibility index (Phi) is 4.43. The fraction of sp³-hybridized carbons (Fsp3) is 0.316. The van der Waals surface area contributed by atoms with Crippen molar-refractivity contribution < 1.29 is 14.3 Å². The predicted molar refractivity (Wildman–Crippen MR) is 95.7 cm³/mol. The molecule has 2 aliphatic heterocycles. The van der Waals surface area contributed by atoms with Crippen LogP contribution in [0.4, 0.5) is 10.5 Å². The third kappa shape index (κ3) is 3.33. The molecule has 1 aromatic heterocycles. The van der Waals surface area contributed by atoms with Crippen molar-refractivity contribution in [3.8, 4) is 5.88 Å². The van der Waals surface area contributed by atoms with E-state index in [1.165, 1.54) is 0 Å². The Hall–Kier alpha value is -3.09. The lowest BCUT2D eigenvalue weighted by molar-refractivity contribution is -0.119. The number of nitrogens with one attached hydrogen (secondary N) is 2. The molecule has 4 rings (SSSR count). The van der Waals surface area contributed by atoms with Crippen LogP contribution in [0, 0.1) is 0 Å². The molecule has 7 nitrogen and oxygen atoms in total. The number of rotatable bonds is 2. The van der Waals surface area contributed by atoms with Gasteiger partial charge in [-0.25, -0.2) is 9.78 Å². The topological polar surface area (TPSA) is 83.6 Å². The largest absolute Gasteiger partial charge is 0.476 e. The van der Waals surface area contributed by atoms with Gasteiger partial charge in [-0.3, -0.25) is 4.79 Å². The average molecular weight is 352 g/mol. The van der Waals surface area contributed by atoms with Crippen LogP contribution in [0.5, 0.6) is 5.88 Å². The molecular formula is C19H20N4O3. The Bertz CT molecular complexity index is 839. The van der Waals surface area contributed by atoms with Gasteiger partial charge >= 0.3 is 6.03 Å². The van der Waals surface area contributed by atoms with Crippen molar-refractivity contribution in [1.82, 2.24) is 15.2 Å². The number of urea groups is 1. The molecule has 1 unspecified atom stereocenters. The van der Waals surface area contributed by atoms with Gasteiger partial charge in [0.05, 0.1) is 19.1 Å². The number of carbonyl (C=O) groups is 2. The zero-order valence-corrected chi connectivity index (χ0v) is 14.3. The zero-order chi connectivity index (χ0) is 17.9. The zero-order valence-electron chi connectivity index (χ0n) is 14.3. The van der Waals surface area contributed by atoms with E-state index in [1.807, 2.05) is 36.4 Å². The summed E-state index contributed by atoms with van der Waals surface area (Å²) in [5.41, 5.74) is 2.54. The second kappa shape index (κ2) is 7.03. The van der Waals surface area contributed by atoms with Crippen molar-refractivity contribution in [2.24, 2.45) is 0 Å². The summed E-state index contributed by atoms with van der Waals surface area (Å²) in [5, 5.41) is 5.94. The molecule has 0 spiro atoms. The van der Waals surface area contributed by atoms with Gasteiger partial charge in [0.2, 0.25) is 11.8 Å². The average Bonchev–Trinajstić information content (AvgIpc) is 2.96. The number of hydrogen-bond donors (Lipinski definition) is 2. The smallest absolute Gasteiger partial charge is 0.322 e. The van der Waals surface area contributed by atoms with Crippen LogP contribution in [0.25, 0.3) is 0 Å². The Morgan fingerprint density at radius 1 is 1.27 bits per heavy atom. The number of benzene rings is 1. The Morgan fingerprint density at radius 2 is 2.15 bits per heavy atom. The number of aromatic nitrogens is 1. The second-order valence-corrected chi connectivity index (χ2v) is 6.41. The molecule has 26 heavy (non-hydrogen) atoms. The summed E-state index contributed by atoms with van der Waals surface area (Å²) in [6.45, 7) is 1.32. The quantitative estimate of drug-likeness (QED) is 0.870. The van der Waals surface area contributed by atoms with E-state index in [9.17, 15) is 9.59 Å². The van der Waals surface area contributed by atoms with Gasteiger partial charge in [0.25, 0.3) is 0 Å². The molecule has 2 aromatic rings. The van der Waals surface area contributed by atoms with Crippen LogP contribution in [0.3, 0.4) is 0 Å². The maximum atomic E-state index is 12.8. The molecule has 2 N–H and O–H groups in total. The summed E-state index contributed by atoms with van der Waals surface area (Å²) < 4.78 is 5.62. The number of ether oxygens (including phenoxy) is 1. The molecule has 0 aliphatic carbocycles. The van der Waals surface area contributed by atoms with Crippen molar-refractivity contribution in [1.29, 1.82) is 0 Å². The third-order valence-electron chi connectivity index (χ3n) is 4.67. The van der Waals surface area contributed by atoms with E-state index in [1.54, 1.807) is 11.1 Å². The number of amides is 3. The highest BCUT2D eigenvalue weighted by Crippen LogP contribution is 2.30. The van der Waals surface area contributed by atoms with Crippen molar-refractivity contribution in [3.05, 3.63) is 53.7 Å². The summed E-state index contributed by atoms with van der Waals surface area (Å²) in [6.07, 6.45) is 2.93. The molecule has 0 saturated carbocycles. The lowest BCUT2D eigenvalue weighted by Crippen LogP contribution is -2.36. The van der Waals surface area contributed by atoms with E-state index >= 15 is 0 Å². The van der Waals surface area contributed by atoms with Gasteiger partial charge in [-0.2, -0.15) is 0 Å². The SMILES string of the molecule is O=C1CCC(c2ccccc2NC(=O)N2CCOc3ncccc3C2)N1. The fourth-order valence-electron chi connectivity index (χ4n) is 3.34. The van der Waals surface area contributed by atoms with E-state index < -0.39 is 0 Å². The number of pyridine rings is 1. The molecule has 134 valence electrons. The van der Waals surface area contributed by atoms with E-state index in [4.69, 9.17) is 4.74 Å². The van der Waals surface area contributed by atoms with E-state index in [2.05, 4.69) is 15.6 Å². The molecule has 0 bridgehead atoms. The number of anilines is 1. The first kappa shape index (κ1) is 16.4. The first-order chi connectivity index (χ1) is 12.7. The summed E-state index contributed by atoms with van der Waals surface area (Å²) in [7, 11) is 0. The van der Waals surface area contributed by atoms with Gasteiger partial charge in [0.1, 0.15) is 6.61 Å². The van der Waals surface area contributed by atoms with Crippen LogP contribution in [0.15, 0.2) is 42.6 Å². The summed E-state index contributed by atoms with van der Waals surface area (Å²) in [6, 6.07) is 11.1. The Morgan fingerprint density at radius 3 is 3.00 bits per heavy atom. The first-order valence-corrected chi connectivity index (χ1v) is 8.71. The third-order valence-corrected chi connectivity index (χ3v) is 4.67. The molecule has 0 radical (unpaired) electrons. The molecule has 3 amide bonds. The van der Waals surface area contributed by atoms with Crippen LogP contribution in [0.2, 0.25) is 0 Å². The van der Waals surface area contributed by atoms with Crippen LogP contribution in [0.1, 0.15) is 30.0 Å². The number of carbonyl (C=O) groups excluding carboxylic acids is 2. The molecule has 2 aliphatic rings. The molecule has 1 saturated heterocycles. The Labute approximate surface area is 151 Å². The number of hydrogen-bond acceptors (Lipinski definition) is 4. The summed E-state index contributed by atoms with van der Waals surface area (Å²) >= 11 is 0. The molecule has 7 heteroatoms. The highest BCUT2D eigenvalue weighted by molar-refractivity contribution is 5.90. The second-order valence-electron chi connectivity index (χ2n) is 6.41. The lowest BCUT2D eigenvalue weighted by atomic mass is 10.0. The van der Waals surface area contributed by atoms with Gasteiger partial charge in [0, 0.05) is 23.9 Å². The minimum absolute atomic E-state index is 0.0462. The van der Waals surface area contributed by atoms with E-state index in [-0.39, 0.29) is 18.0 Å². The van der Waals surface area contributed by atoms with Gasteiger partial charge < -0.3 is 20.3 Å². The standard InChI is InChI=1S/C19H20N4O3/c24-17-8-7-16(21-17)14-5-1-2-6-15(14)22-19(25)23-10-11-26-18-13(12-23)4-3-9-20-18/h1-6,9,16H,7-8,10-12H2,(H,21,24)(H,22,25). The van der Waals surface area contributed by atoms with Gasteiger partial charge in [-0.15, -0.1) is 0 Å². The molecular weight excluding hydrogens is 332 g/mol. The molecule has 1 atom stereocenters. The van der Waals surface area contributed by atoms with E-state index in [0.717, 1.165) is 23.2 Å². The van der Waals surface area contributed by atoms with Crippen LogP contribution in [-0.2, 0) is 11.3 Å². The highest BCUT2D eigenvalue weighted by atomic mass is 16.5. The molecule has 1 fully saturated rings. The maximum Gasteiger partial charge on any atom is 0.322 e. The molecule has 1 aromatic carbocycles. The number of fused-ring (bicyclic) bond motifs is 1. The van der Waals surface area contributed by atoms with Gasteiger partial charge in [-0.1, -0.05) is 24.3 Å². The molecule has 3 heterocycles. The monoisotopic (exact) mass is 352 g/mol. The predicted octanol–water partition coefficient (Wildman–Crippen LogP) is 2.46. The highest BCUT2D eigenvalue weighted by Gasteiger charge is 2.26. The normalized spacial score (nSPS) is 19.2. The minimum Gasteiger partial charge on any atom is -0.476 e. The van der Waals surface area contributed by atoms with Crippen molar-refractivity contribution in [2.45, 2.75) is 25.4 Å². The van der Waals surface area contributed by atoms with E-state index in [0.29, 0.717) is 32.0 Å². The Balaban J connectivity index is 1.51. The minimum atomic E-state index is -0.193. The summed E-state index contributed by atoms with van der Waals surface area (Å²) in [5.74, 6) is 0.627. The number of para-hydroxylation sites is 1. The van der Waals surface area contributed by atoms with Crippen LogP contribution in [-0.4, -0.2) is 35.0 Å². The van der Waals surface area contributed by atoms with Gasteiger partial charge in [0.15, 0.2) is 0 Å². The fourth-order valence-corrected chi connectivity index (χ4v) is 3.34. The van der Waals surface area contributed by atoms with Gasteiger partial charge in [-0.05, 0) is 24.1 Å². The van der Waals surface area contributed by atoms with Crippen LogP contribution < -0.4 is 15.4 Å². The summed E-state index contributed by atoms with van der Waals surface area (Å²) in [4.78, 5) is 30.3. The van der Waals surface area contributed by atoms with Crippen molar-refractivity contribution >= 4 is 17.6 Å². The lowest BCUT2D eigenvalue weighted by Gasteiger charge is -2.22. The van der Waals surface area contributed by atoms with Crippen molar-refractivity contribution in [2.75, 3.05) is 18.5 Å². The maximum absolute atomic E-state index is 12.8. The van der Waals surface area contributed by atoms with Crippen molar-refractivity contribution in [3.63, 3.8) is 0 Å². The first-order valence-electron chi connectivity index (χ1n) is 8.71.